The molecular weight excluding hydrogens is 458 g/mol. The van der Waals surface area contributed by atoms with Crippen molar-refractivity contribution >= 4 is 21.4 Å². The Morgan fingerprint density at radius 3 is 2.26 bits per heavy atom. The van der Waals surface area contributed by atoms with Gasteiger partial charge in [0.05, 0.1) is 14.2 Å². The first-order chi connectivity index (χ1) is 17.2. The molecule has 0 bridgehead atoms. The maximum atomic E-state index is 6.25. The predicted octanol–water partition coefficient (Wildman–Crippen LogP) is 7.24. The molecule has 1 aromatic heterocycles. The van der Waals surface area contributed by atoms with Crippen LogP contribution in [0.4, 0.5) is 0 Å². The van der Waals surface area contributed by atoms with E-state index in [0.717, 1.165) is 34.2 Å². The molecule has 182 valence electrons. The molecule has 0 radical (unpaired) electrons. The highest BCUT2D eigenvalue weighted by atomic mass is 32.1. The first kappa shape index (κ1) is 23.5. The second kappa shape index (κ2) is 11.0. The first-order valence-electron chi connectivity index (χ1n) is 12.1. The summed E-state index contributed by atoms with van der Waals surface area (Å²) in [5, 5.41) is 1.21. The minimum Gasteiger partial charge on any atom is -0.496 e. The molecule has 0 aliphatic carbocycles. The maximum absolute atomic E-state index is 6.25. The molecule has 0 N–H and O–H groups in total. The topological polar surface area (TPSA) is 40.2 Å². The lowest BCUT2D eigenvalue weighted by Crippen LogP contribution is -2.33. The van der Waals surface area contributed by atoms with Crippen molar-refractivity contribution in [1.82, 2.24) is 4.90 Å². The molecule has 6 heteroatoms. The summed E-state index contributed by atoms with van der Waals surface area (Å²) in [5.41, 5.74) is 0.974. The van der Waals surface area contributed by atoms with E-state index in [-0.39, 0.29) is 0 Å². The van der Waals surface area contributed by atoms with Crippen LogP contribution in [-0.2, 0) is 0 Å². The molecule has 1 fully saturated rings. The predicted molar refractivity (Wildman–Crippen MR) is 143 cm³/mol. The molecule has 0 unspecified atom stereocenters. The van der Waals surface area contributed by atoms with Crippen molar-refractivity contribution in [3.05, 3.63) is 66.7 Å². The molecule has 0 spiro atoms. The van der Waals surface area contributed by atoms with Crippen LogP contribution in [0, 0.1) is 0 Å². The van der Waals surface area contributed by atoms with Crippen LogP contribution in [-0.4, -0.2) is 45.4 Å². The highest BCUT2D eigenvalue weighted by Crippen LogP contribution is 2.45. The molecular formula is C29H31NO4S. The van der Waals surface area contributed by atoms with Crippen molar-refractivity contribution in [2.24, 2.45) is 0 Å². The van der Waals surface area contributed by atoms with E-state index in [1.165, 1.54) is 42.4 Å². The summed E-state index contributed by atoms with van der Waals surface area (Å²) >= 11 is 1.73. The number of hydrogen-bond donors (Lipinski definition) is 0. The van der Waals surface area contributed by atoms with Gasteiger partial charge in [0.1, 0.15) is 23.9 Å². The van der Waals surface area contributed by atoms with Gasteiger partial charge < -0.3 is 18.9 Å². The molecule has 0 amide bonds. The van der Waals surface area contributed by atoms with Crippen molar-refractivity contribution < 1.29 is 18.9 Å². The second-order valence-electron chi connectivity index (χ2n) is 8.68. The SMILES string of the molecule is COc1cc(OC)c(-c2cc3ccccc3s2)cc1Oc1ccc(OCCN2CCCCC2)cc1. The molecule has 1 aliphatic heterocycles. The lowest BCUT2D eigenvalue weighted by atomic mass is 10.1. The van der Waals surface area contributed by atoms with Gasteiger partial charge in [0.15, 0.2) is 11.5 Å². The fourth-order valence-corrected chi connectivity index (χ4v) is 5.55. The highest BCUT2D eigenvalue weighted by molar-refractivity contribution is 7.22. The number of piperidine rings is 1. The summed E-state index contributed by atoms with van der Waals surface area (Å²) in [6.07, 6.45) is 3.94. The molecule has 1 saturated heterocycles. The Bertz CT molecular complexity index is 1230. The molecule has 5 rings (SSSR count). The molecule has 0 atom stereocenters. The molecule has 3 aromatic carbocycles. The van der Waals surface area contributed by atoms with Crippen LogP contribution < -0.4 is 18.9 Å². The van der Waals surface area contributed by atoms with Gasteiger partial charge in [-0.3, -0.25) is 4.90 Å². The third kappa shape index (κ3) is 5.55. The Labute approximate surface area is 210 Å². The lowest BCUT2D eigenvalue weighted by Gasteiger charge is -2.26. The van der Waals surface area contributed by atoms with Crippen molar-refractivity contribution in [3.8, 4) is 39.2 Å². The number of ether oxygens (including phenoxy) is 4. The van der Waals surface area contributed by atoms with Crippen LogP contribution in [0.3, 0.4) is 0 Å². The Kier molecular flexibility index (Phi) is 7.40. The summed E-state index contributed by atoms with van der Waals surface area (Å²) in [6, 6.07) is 22.2. The average Bonchev–Trinajstić information content (AvgIpc) is 3.34. The summed E-state index contributed by atoms with van der Waals surface area (Å²) in [6.45, 7) is 4.04. The van der Waals surface area contributed by atoms with Crippen molar-refractivity contribution in [1.29, 1.82) is 0 Å². The van der Waals surface area contributed by atoms with E-state index in [1.54, 1.807) is 25.6 Å². The number of likely N-dealkylation sites (tertiary alicyclic amines) is 1. The van der Waals surface area contributed by atoms with E-state index in [2.05, 4.69) is 35.2 Å². The zero-order valence-electron chi connectivity index (χ0n) is 20.3. The van der Waals surface area contributed by atoms with Crippen LogP contribution >= 0.6 is 11.3 Å². The second-order valence-corrected chi connectivity index (χ2v) is 9.76. The zero-order chi connectivity index (χ0) is 24.0. The zero-order valence-corrected chi connectivity index (χ0v) is 21.1. The molecule has 0 saturated carbocycles. The number of hydrogen-bond acceptors (Lipinski definition) is 6. The summed E-state index contributed by atoms with van der Waals surface area (Å²) in [5.74, 6) is 3.58. The van der Waals surface area contributed by atoms with Crippen LogP contribution in [0.5, 0.6) is 28.7 Å². The first-order valence-corrected chi connectivity index (χ1v) is 12.9. The van der Waals surface area contributed by atoms with E-state index in [1.807, 2.05) is 36.4 Å². The Balaban J connectivity index is 1.32. The van der Waals surface area contributed by atoms with Crippen molar-refractivity contribution in [2.75, 3.05) is 40.5 Å². The van der Waals surface area contributed by atoms with Crippen LogP contribution in [0.15, 0.2) is 66.7 Å². The molecule has 4 aromatic rings. The van der Waals surface area contributed by atoms with Crippen molar-refractivity contribution in [3.63, 3.8) is 0 Å². The van der Waals surface area contributed by atoms with Gasteiger partial charge in [-0.2, -0.15) is 0 Å². The van der Waals surface area contributed by atoms with E-state index in [0.29, 0.717) is 18.1 Å². The normalized spacial score (nSPS) is 14.1. The minimum absolute atomic E-state index is 0.619. The third-order valence-electron chi connectivity index (χ3n) is 6.35. The van der Waals surface area contributed by atoms with Gasteiger partial charge in [0.25, 0.3) is 0 Å². The average molecular weight is 490 g/mol. The number of benzene rings is 3. The number of thiophene rings is 1. The summed E-state index contributed by atoms with van der Waals surface area (Å²) < 4.78 is 24.7. The molecule has 5 nitrogen and oxygen atoms in total. The quantitative estimate of drug-likeness (QED) is 0.248. The minimum atomic E-state index is 0.619. The summed E-state index contributed by atoms with van der Waals surface area (Å²) in [7, 11) is 3.32. The van der Waals surface area contributed by atoms with Gasteiger partial charge in [-0.15, -0.1) is 11.3 Å². The van der Waals surface area contributed by atoms with Gasteiger partial charge in [-0.05, 0) is 73.8 Å². The third-order valence-corrected chi connectivity index (χ3v) is 7.50. The molecule has 1 aliphatic rings. The van der Waals surface area contributed by atoms with Crippen LogP contribution in [0.25, 0.3) is 20.5 Å². The van der Waals surface area contributed by atoms with E-state index in [9.17, 15) is 0 Å². The van der Waals surface area contributed by atoms with Gasteiger partial charge in [-0.1, -0.05) is 24.6 Å². The maximum Gasteiger partial charge on any atom is 0.170 e. The van der Waals surface area contributed by atoms with E-state index >= 15 is 0 Å². The van der Waals surface area contributed by atoms with Gasteiger partial charge in [0.2, 0.25) is 0 Å². The Morgan fingerprint density at radius 1 is 0.771 bits per heavy atom. The fourth-order valence-electron chi connectivity index (χ4n) is 4.46. The molecule has 35 heavy (non-hydrogen) atoms. The van der Waals surface area contributed by atoms with Gasteiger partial charge in [0, 0.05) is 27.8 Å². The fraction of sp³-hybridized carbons (Fsp3) is 0.310. The largest absolute Gasteiger partial charge is 0.496 e. The highest BCUT2D eigenvalue weighted by Gasteiger charge is 2.17. The van der Waals surface area contributed by atoms with Gasteiger partial charge in [-0.25, -0.2) is 0 Å². The monoisotopic (exact) mass is 489 g/mol. The molecule has 2 heterocycles. The van der Waals surface area contributed by atoms with E-state index < -0.39 is 0 Å². The smallest absolute Gasteiger partial charge is 0.170 e. The number of methoxy groups -OCH3 is 2. The van der Waals surface area contributed by atoms with Crippen LogP contribution in [0.2, 0.25) is 0 Å². The lowest BCUT2D eigenvalue weighted by molar-refractivity contribution is 0.183. The summed E-state index contributed by atoms with van der Waals surface area (Å²) in [4.78, 5) is 3.60. The Morgan fingerprint density at radius 2 is 1.51 bits per heavy atom. The van der Waals surface area contributed by atoms with E-state index in [4.69, 9.17) is 18.9 Å². The number of rotatable bonds is 9. The standard InChI is InChI=1S/C29H31NO4S/c1-31-25-20-26(32-2)27(19-24(25)29-18-21-8-4-5-9-28(21)35-29)34-23-12-10-22(11-13-23)33-17-16-30-14-6-3-7-15-30/h4-5,8-13,18-20H,3,6-7,14-17H2,1-2H3. The van der Waals surface area contributed by atoms with Gasteiger partial charge >= 0.3 is 0 Å². The Hall–Kier alpha value is -3.22. The number of nitrogens with zero attached hydrogens (tertiary/aromatic N) is 1. The number of fused-ring (bicyclic) bond motifs is 1. The van der Waals surface area contributed by atoms with Crippen LogP contribution in [0.1, 0.15) is 19.3 Å². The van der Waals surface area contributed by atoms with Crippen molar-refractivity contribution in [2.45, 2.75) is 19.3 Å².